The minimum atomic E-state index is -0.539. The third-order valence-electron chi connectivity index (χ3n) is 4.16. The molecule has 2 aromatic carbocycles. The summed E-state index contributed by atoms with van der Waals surface area (Å²) in [5, 5.41) is 9.42. The molecule has 0 radical (unpaired) electrons. The first kappa shape index (κ1) is 19.4. The van der Waals surface area contributed by atoms with Crippen molar-refractivity contribution in [3.05, 3.63) is 103 Å². The van der Waals surface area contributed by atoms with Crippen LogP contribution < -0.4 is 11.2 Å². The lowest BCUT2D eigenvalue weighted by atomic mass is 10.2. The fourth-order valence-electron chi connectivity index (χ4n) is 2.86. The number of rotatable bonds is 6. The number of nitrogens with one attached hydrogen (secondary N) is 2. The number of hydrogen-bond acceptors (Lipinski definition) is 5. The molecule has 0 saturated heterocycles. The summed E-state index contributed by atoms with van der Waals surface area (Å²) >= 11 is 5.02. The molecule has 4 aromatic rings. The van der Waals surface area contributed by atoms with E-state index < -0.39 is 11.2 Å². The van der Waals surface area contributed by atoms with Gasteiger partial charge < -0.3 is 4.98 Å². The zero-order valence-electron chi connectivity index (χ0n) is 15.1. The molecule has 0 saturated carbocycles. The number of halogens is 1. The molecular formula is C20H16BrN5O2S. The van der Waals surface area contributed by atoms with Crippen LogP contribution in [-0.2, 0) is 12.2 Å². The summed E-state index contributed by atoms with van der Waals surface area (Å²) in [7, 11) is 0. The molecule has 2 N–H and O–H groups in total. The average molecular weight is 470 g/mol. The van der Waals surface area contributed by atoms with Gasteiger partial charge >= 0.3 is 5.69 Å². The predicted octanol–water partition coefficient (Wildman–Crippen LogP) is 3.29. The quantitative estimate of drug-likeness (QED) is 0.422. The van der Waals surface area contributed by atoms with Crippen molar-refractivity contribution >= 4 is 27.7 Å². The monoisotopic (exact) mass is 469 g/mol. The Bertz CT molecular complexity index is 1200. The minimum absolute atomic E-state index is 0.278. The van der Waals surface area contributed by atoms with Gasteiger partial charge in [-0.05, 0) is 29.8 Å². The summed E-state index contributed by atoms with van der Waals surface area (Å²) in [6.45, 7) is 0. The van der Waals surface area contributed by atoms with Crippen molar-refractivity contribution in [1.29, 1.82) is 0 Å². The van der Waals surface area contributed by atoms with Gasteiger partial charge in [-0.25, -0.2) is 4.79 Å². The molecule has 0 aliphatic rings. The van der Waals surface area contributed by atoms with Gasteiger partial charge in [-0.1, -0.05) is 58.0 Å². The van der Waals surface area contributed by atoms with Gasteiger partial charge in [0.15, 0.2) is 5.16 Å². The number of thioether (sulfide) groups is 1. The molecule has 7 nitrogen and oxygen atoms in total. The van der Waals surface area contributed by atoms with Gasteiger partial charge in [0.2, 0.25) is 0 Å². The van der Waals surface area contributed by atoms with E-state index in [4.69, 9.17) is 0 Å². The average Bonchev–Trinajstić information content (AvgIpc) is 3.10. The molecule has 0 fully saturated rings. The van der Waals surface area contributed by atoms with E-state index >= 15 is 0 Å². The Morgan fingerprint density at radius 3 is 2.45 bits per heavy atom. The lowest BCUT2D eigenvalue weighted by molar-refractivity contribution is 0.829. The first-order valence-corrected chi connectivity index (χ1v) is 10.6. The Morgan fingerprint density at radius 2 is 1.72 bits per heavy atom. The molecule has 29 heavy (non-hydrogen) atoms. The minimum Gasteiger partial charge on any atom is -0.311 e. The van der Waals surface area contributed by atoms with Crippen molar-refractivity contribution in [2.24, 2.45) is 0 Å². The van der Waals surface area contributed by atoms with Gasteiger partial charge in [-0.15, -0.1) is 10.2 Å². The van der Waals surface area contributed by atoms with Crippen molar-refractivity contribution < 1.29 is 0 Å². The second-order valence-corrected chi connectivity index (χ2v) is 8.13. The van der Waals surface area contributed by atoms with Crippen LogP contribution in [0, 0.1) is 0 Å². The number of hydrogen-bond donors (Lipinski definition) is 2. The molecule has 0 unspecified atom stereocenters. The number of benzene rings is 2. The van der Waals surface area contributed by atoms with Crippen LogP contribution >= 0.6 is 27.7 Å². The lowest BCUT2D eigenvalue weighted by Gasteiger charge is -2.10. The molecule has 0 aliphatic heterocycles. The molecule has 2 aromatic heterocycles. The molecule has 146 valence electrons. The Labute approximate surface area is 178 Å². The summed E-state index contributed by atoms with van der Waals surface area (Å²) in [6.07, 6.45) is 0.278. The van der Waals surface area contributed by atoms with Crippen LogP contribution in [0.15, 0.2) is 79.9 Å². The maximum absolute atomic E-state index is 11.6. The summed E-state index contributed by atoms with van der Waals surface area (Å²) in [4.78, 5) is 28.0. The molecule has 9 heteroatoms. The van der Waals surface area contributed by atoms with E-state index in [0.717, 1.165) is 21.1 Å². The van der Waals surface area contributed by atoms with E-state index in [2.05, 4.69) is 48.2 Å². The zero-order valence-corrected chi connectivity index (χ0v) is 17.5. The van der Waals surface area contributed by atoms with E-state index in [1.807, 2.05) is 47.0 Å². The Morgan fingerprint density at radius 1 is 0.966 bits per heavy atom. The van der Waals surface area contributed by atoms with E-state index in [1.54, 1.807) is 11.8 Å². The highest BCUT2D eigenvalue weighted by molar-refractivity contribution is 9.10. The van der Waals surface area contributed by atoms with Gasteiger partial charge in [0.25, 0.3) is 5.56 Å². The highest BCUT2D eigenvalue weighted by Gasteiger charge is 2.15. The number of nitrogens with zero attached hydrogens (tertiary/aromatic N) is 3. The van der Waals surface area contributed by atoms with Crippen molar-refractivity contribution in [3.8, 4) is 5.69 Å². The van der Waals surface area contributed by atoms with Crippen LogP contribution in [0.5, 0.6) is 0 Å². The van der Waals surface area contributed by atoms with Crippen LogP contribution in [0.4, 0.5) is 0 Å². The second-order valence-electron chi connectivity index (χ2n) is 6.27. The van der Waals surface area contributed by atoms with Crippen molar-refractivity contribution in [3.63, 3.8) is 0 Å². The molecule has 0 amide bonds. The maximum atomic E-state index is 11.6. The summed E-state index contributed by atoms with van der Waals surface area (Å²) in [5.74, 6) is 1.37. The number of para-hydroxylation sites is 1. The predicted molar refractivity (Wildman–Crippen MR) is 116 cm³/mol. The smallest absolute Gasteiger partial charge is 0.311 e. The Balaban J connectivity index is 1.67. The van der Waals surface area contributed by atoms with E-state index in [-0.39, 0.29) is 6.42 Å². The highest BCUT2D eigenvalue weighted by Crippen LogP contribution is 2.26. The van der Waals surface area contributed by atoms with Gasteiger partial charge in [0.05, 0.1) is 0 Å². The third kappa shape index (κ3) is 4.75. The third-order valence-corrected chi connectivity index (χ3v) is 5.69. The fraction of sp³-hybridized carbons (Fsp3) is 0.100. The number of H-pyrrole nitrogens is 2. The largest absolute Gasteiger partial charge is 0.325 e. The van der Waals surface area contributed by atoms with Crippen LogP contribution in [0.1, 0.15) is 17.1 Å². The van der Waals surface area contributed by atoms with Gasteiger partial charge in [-0.2, -0.15) is 0 Å². The molecule has 0 bridgehead atoms. The number of aromatic amines is 2. The van der Waals surface area contributed by atoms with Crippen LogP contribution in [0.3, 0.4) is 0 Å². The zero-order chi connectivity index (χ0) is 20.2. The van der Waals surface area contributed by atoms with E-state index in [9.17, 15) is 9.59 Å². The van der Waals surface area contributed by atoms with Gasteiger partial charge in [0, 0.05) is 34.1 Å². The highest BCUT2D eigenvalue weighted by atomic mass is 79.9. The van der Waals surface area contributed by atoms with E-state index in [1.165, 1.54) is 11.6 Å². The first-order valence-electron chi connectivity index (χ1n) is 8.78. The van der Waals surface area contributed by atoms with Crippen molar-refractivity contribution in [2.75, 3.05) is 0 Å². The normalized spacial score (nSPS) is 10.9. The summed E-state index contributed by atoms with van der Waals surface area (Å²) in [6, 6.07) is 19.3. The molecule has 2 heterocycles. The van der Waals surface area contributed by atoms with Crippen LogP contribution in [-0.4, -0.2) is 24.7 Å². The number of aromatic nitrogens is 5. The van der Waals surface area contributed by atoms with Crippen molar-refractivity contribution in [2.45, 2.75) is 17.3 Å². The molecular weight excluding hydrogens is 454 g/mol. The molecule has 0 spiro atoms. The summed E-state index contributed by atoms with van der Waals surface area (Å²) in [5.41, 5.74) is 1.58. The molecule has 4 rings (SSSR count). The topological polar surface area (TPSA) is 96.4 Å². The lowest BCUT2D eigenvalue weighted by Crippen LogP contribution is -2.23. The Kier molecular flexibility index (Phi) is 5.77. The van der Waals surface area contributed by atoms with Crippen LogP contribution in [0.2, 0.25) is 0 Å². The standard InChI is InChI=1S/C20H16BrN5O2S/c21-14-8-6-13(7-9-14)12-29-20-25-24-17(26(20)16-4-2-1-3-5-16)10-15-11-18(27)23-19(28)22-15/h1-9,11H,10,12H2,(H2,22,23,27,28). The molecule has 0 atom stereocenters. The van der Waals surface area contributed by atoms with E-state index in [0.29, 0.717) is 11.5 Å². The maximum Gasteiger partial charge on any atom is 0.325 e. The van der Waals surface area contributed by atoms with Gasteiger partial charge in [-0.3, -0.25) is 14.3 Å². The SMILES string of the molecule is O=c1cc(Cc2nnc(SCc3ccc(Br)cc3)n2-c2ccccc2)[nH]c(=O)[nH]1. The fourth-order valence-corrected chi connectivity index (χ4v) is 4.05. The van der Waals surface area contributed by atoms with Gasteiger partial charge in [0.1, 0.15) is 5.82 Å². The molecule has 0 aliphatic carbocycles. The van der Waals surface area contributed by atoms with Crippen LogP contribution in [0.25, 0.3) is 5.69 Å². The Hall–Kier alpha value is -2.91. The summed E-state index contributed by atoms with van der Waals surface area (Å²) < 4.78 is 2.98. The first-order chi connectivity index (χ1) is 14.1. The van der Waals surface area contributed by atoms with Crippen molar-refractivity contribution in [1.82, 2.24) is 24.7 Å². The second kappa shape index (κ2) is 8.62.